The van der Waals surface area contributed by atoms with Crippen molar-refractivity contribution in [3.05, 3.63) is 110 Å². The molecule has 0 aliphatic carbocycles. The Labute approximate surface area is 351 Å². The smallest absolute Gasteiger partial charge is 0.338 e. The lowest BCUT2D eigenvalue weighted by molar-refractivity contribution is -0.0192. The molecule has 2 aliphatic heterocycles. The van der Waals surface area contributed by atoms with Crippen molar-refractivity contribution in [1.29, 1.82) is 0 Å². The van der Waals surface area contributed by atoms with Crippen molar-refractivity contribution in [2.45, 2.75) is 37.3 Å². The quantitative estimate of drug-likeness (QED) is 0.0824. The molecule has 0 saturated carbocycles. The molecular formula is C43H32O20. The van der Waals surface area contributed by atoms with Crippen molar-refractivity contribution in [1.82, 2.24) is 0 Å². The zero-order valence-electron chi connectivity index (χ0n) is 31.7. The number of aromatic hydroxyl groups is 13. The highest BCUT2D eigenvalue weighted by Gasteiger charge is 2.40. The molecule has 0 fully saturated rings. The summed E-state index contributed by atoms with van der Waals surface area (Å²) in [5, 5.41) is 134. The number of benzene rings is 5. The zero-order chi connectivity index (χ0) is 45.3. The minimum absolute atomic E-state index is 0.00226. The molecule has 0 amide bonds. The molecular weight excluding hydrogens is 836 g/mol. The lowest BCUT2D eigenvalue weighted by atomic mass is 9.89. The van der Waals surface area contributed by atoms with Crippen molar-refractivity contribution in [3.8, 4) is 86.2 Å². The van der Waals surface area contributed by atoms with Gasteiger partial charge in [0.2, 0.25) is 5.43 Å². The Morgan fingerprint density at radius 3 is 1.60 bits per heavy atom. The van der Waals surface area contributed by atoms with E-state index in [0.717, 1.165) is 66.7 Å². The summed E-state index contributed by atoms with van der Waals surface area (Å²) >= 11 is 0. The van der Waals surface area contributed by atoms with Gasteiger partial charge < -0.3 is 85.3 Å². The normalized spacial score (nSPS) is 17.7. The molecule has 0 aromatic heterocycles. The van der Waals surface area contributed by atoms with Gasteiger partial charge in [0.1, 0.15) is 35.2 Å². The lowest BCUT2D eigenvalue weighted by Gasteiger charge is -2.35. The van der Waals surface area contributed by atoms with E-state index < -0.39 is 139 Å². The Hall–Kier alpha value is -8.81. The maximum atomic E-state index is 14.0. The predicted octanol–water partition coefficient (Wildman–Crippen LogP) is 4.18. The van der Waals surface area contributed by atoms with Gasteiger partial charge in [-0.2, -0.15) is 0 Å². The summed E-state index contributed by atoms with van der Waals surface area (Å²) in [6, 6.07) is 10.3. The van der Waals surface area contributed by atoms with Crippen molar-refractivity contribution >= 4 is 22.7 Å². The number of esters is 2. The van der Waals surface area contributed by atoms with Crippen LogP contribution in [0.5, 0.6) is 86.2 Å². The summed E-state index contributed by atoms with van der Waals surface area (Å²) in [6.07, 6.45) is -6.97. The van der Waals surface area contributed by atoms with E-state index >= 15 is 0 Å². The van der Waals surface area contributed by atoms with E-state index in [4.69, 9.17) is 18.9 Å². The zero-order valence-corrected chi connectivity index (χ0v) is 31.7. The van der Waals surface area contributed by atoms with Gasteiger partial charge in [0.05, 0.1) is 16.5 Å². The highest BCUT2D eigenvalue weighted by molar-refractivity contribution is 5.95. The molecule has 2 aliphatic rings. The minimum Gasteiger partial charge on any atom is -0.508 e. The molecule has 13 N–H and O–H groups in total. The van der Waals surface area contributed by atoms with Crippen LogP contribution >= 0.6 is 0 Å². The number of hydrogen-bond acceptors (Lipinski definition) is 20. The number of rotatable bonds is 6. The molecule has 2 heterocycles. The summed E-state index contributed by atoms with van der Waals surface area (Å²) in [5.41, 5.74) is -2.49. The monoisotopic (exact) mass is 868 g/mol. The van der Waals surface area contributed by atoms with Crippen LogP contribution in [0.4, 0.5) is 0 Å². The van der Waals surface area contributed by atoms with Crippen LogP contribution in [-0.2, 0) is 22.3 Å². The van der Waals surface area contributed by atoms with Crippen LogP contribution in [0.2, 0.25) is 0 Å². The topological polar surface area (TPSA) is 351 Å². The average Bonchev–Trinajstić information content (AvgIpc) is 3.35. The Morgan fingerprint density at radius 1 is 0.492 bits per heavy atom. The molecule has 324 valence electrons. The predicted molar refractivity (Wildman–Crippen MR) is 210 cm³/mol. The highest BCUT2D eigenvalue weighted by atomic mass is 16.6. The van der Waals surface area contributed by atoms with Crippen LogP contribution in [0.3, 0.4) is 0 Å². The van der Waals surface area contributed by atoms with Gasteiger partial charge >= 0.3 is 11.9 Å². The maximum absolute atomic E-state index is 14.0. The average molecular weight is 869 g/mol. The molecule has 4 atom stereocenters. The number of phenols is 12. The van der Waals surface area contributed by atoms with Crippen molar-refractivity contribution in [3.63, 3.8) is 0 Å². The summed E-state index contributed by atoms with van der Waals surface area (Å²) in [4.78, 5) is 41.1. The summed E-state index contributed by atoms with van der Waals surface area (Å²) < 4.78 is 23.9. The van der Waals surface area contributed by atoms with Crippen molar-refractivity contribution < 1.29 is 94.9 Å². The Morgan fingerprint density at radius 2 is 1.02 bits per heavy atom. The van der Waals surface area contributed by atoms with E-state index in [2.05, 4.69) is 0 Å². The molecule has 6 aromatic carbocycles. The van der Waals surface area contributed by atoms with Gasteiger partial charge in [0.15, 0.2) is 75.5 Å². The Bertz CT molecular complexity index is 2950. The first-order valence-corrected chi connectivity index (χ1v) is 18.4. The van der Waals surface area contributed by atoms with E-state index in [0.29, 0.717) is 0 Å². The van der Waals surface area contributed by atoms with Crippen molar-refractivity contribution in [2.24, 2.45) is 0 Å². The third kappa shape index (κ3) is 7.19. The molecule has 6 aromatic rings. The number of hydrogen-bond donors (Lipinski definition) is 13. The third-order valence-electron chi connectivity index (χ3n) is 10.5. The molecule has 0 saturated heterocycles. The summed E-state index contributed by atoms with van der Waals surface area (Å²) in [5.74, 6) is -13.3. The van der Waals surface area contributed by atoms with Crippen LogP contribution in [0.25, 0.3) is 10.8 Å². The van der Waals surface area contributed by atoms with Crippen LogP contribution in [0, 0.1) is 0 Å². The second kappa shape index (κ2) is 15.0. The van der Waals surface area contributed by atoms with Gasteiger partial charge in [-0.15, -0.1) is 0 Å². The van der Waals surface area contributed by atoms with Crippen molar-refractivity contribution in [2.75, 3.05) is 0 Å². The van der Waals surface area contributed by atoms with Crippen LogP contribution in [-0.4, -0.2) is 90.5 Å². The number of carbonyl (C=O) groups is 2. The van der Waals surface area contributed by atoms with Gasteiger partial charge in [-0.1, -0.05) is 0 Å². The van der Waals surface area contributed by atoms with Gasteiger partial charge in [-0.05, 0) is 53.9 Å². The molecule has 20 heteroatoms. The van der Waals surface area contributed by atoms with Gasteiger partial charge in [-0.25, -0.2) is 9.59 Å². The summed E-state index contributed by atoms with van der Waals surface area (Å²) in [6.45, 7) is 0. The minimum atomic E-state index is -1.65. The van der Waals surface area contributed by atoms with E-state index in [1.54, 1.807) is 0 Å². The molecule has 0 spiro atoms. The maximum Gasteiger partial charge on any atom is 0.338 e. The molecule has 20 nitrogen and oxygen atoms in total. The second-order valence-electron chi connectivity index (χ2n) is 14.6. The highest BCUT2D eigenvalue weighted by Crippen LogP contribution is 2.49. The van der Waals surface area contributed by atoms with E-state index in [1.165, 1.54) is 0 Å². The van der Waals surface area contributed by atoms with Crippen LogP contribution in [0.15, 0.2) is 71.5 Å². The fraction of sp³-hybridized carbons (Fsp3) is 0.140. The van der Waals surface area contributed by atoms with E-state index in [1.807, 2.05) is 0 Å². The largest absolute Gasteiger partial charge is 0.508 e. The summed E-state index contributed by atoms with van der Waals surface area (Å²) in [7, 11) is 0. The first-order chi connectivity index (χ1) is 29.8. The molecule has 8 rings (SSSR count). The van der Waals surface area contributed by atoms with E-state index in [9.17, 15) is 80.8 Å². The third-order valence-corrected chi connectivity index (χ3v) is 10.5. The standard InChI is InChI=1S/C43H32O20/c44-18-9-22(45)21-12-34(63-43(59)17-6-27(50)37(55)28(51)7-17)41(61-32(21)10-18)20-11-30(53)39(57)35-19(20)1-15(3-29(52)38(35)56)40-33(8-14-2-23(46)24(47)13-31(14)60-40)62-42(58)16-4-25(48)36(54)26(49)5-16/h1-7,9-11,13,33-34,40-41,44-51,53-55,57H,8,12H2,(H,52,56)/t33-,34-,40+,41+/m1/s1. The van der Waals surface area contributed by atoms with E-state index in [-0.39, 0.29) is 45.6 Å². The molecule has 0 radical (unpaired) electrons. The SMILES string of the molecule is O=C(O[C@@H]1Cc2cc(O)c(O)cc2O[C@H]1c1cc(O)c(=O)c2c(O)c(O)cc([C@@H]3Oc4cc(O)cc(O)c4C[C@H]3OC(=O)c3cc(O)c(O)c(O)c3)c2c1)c1cc(O)c(O)c(O)c1. The Balaban J connectivity index is 1.31. The van der Waals surface area contributed by atoms with Crippen LogP contribution < -0.4 is 14.9 Å². The number of fused-ring (bicyclic) bond motifs is 3. The Kier molecular flexibility index (Phi) is 9.77. The number of ether oxygens (including phenoxy) is 4. The van der Waals surface area contributed by atoms with Gasteiger partial charge in [0.25, 0.3) is 0 Å². The lowest BCUT2D eigenvalue weighted by Crippen LogP contribution is -2.35. The number of carbonyl (C=O) groups excluding carboxylic acids is 2. The second-order valence-corrected chi connectivity index (χ2v) is 14.6. The molecule has 0 unspecified atom stereocenters. The van der Waals surface area contributed by atoms with Gasteiger partial charge in [-0.3, -0.25) is 4.79 Å². The number of phenolic OH excluding ortho intramolecular Hbond substituents is 12. The first-order valence-electron chi connectivity index (χ1n) is 18.4. The molecule has 63 heavy (non-hydrogen) atoms. The van der Waals surface area contributed by atoms with Crippen LogP contribution in [0.1, 0.15) is 55.2 Å². The van der Waals surface area contributed by atoms with Gasteiger partial charge in [0, 0.05) is 53.3 Å². The fourth-order valence-electron chi connectivity index (χ4n) is 7.50. The molecule has 0 bridgehead atoms. The fourth-order valence-corrected chi connectivity index (χ4v) is 7.50. The first kappa shape index (κ1) is 40.9.